The molecule has 82 valence electrons. The maximum atomic E-state index is 11.5. The number of carbonyl (C=O) groups excluding carboxylic acids is 1. The lowest BCUT2D eigenvalue weighted by Crippen LogP contribution is -2.22. The average molecular weight is 217 g/mol. The molecule has 0 aliphatic carbocycles. The Bertz CT molecular complexity index is 480. The van der Waals surface area contributed by atoms with Gasteiger partial charge in [-0.05, 0) is 17.7 Å². The number of phenolic OH excluding ortho intramolecular Hbond substituents is 1. The molecule has 0 bridgehead atoms. The first-order valence-corrected chi connectivity index (χ1v) is 4.80. The highest BCUT2D eigenvalue weighted by Crippen LogP contribution is 2.10. The third kappa shape index (κ3) is 2.38. The lowest BCUT2D eigenvalue weighted by atomic mass is 10.2. The molecule has 0 radical (unpaired) electrons. The van der Waals surface area contributed by atoms with E-state index in [0.29, 0.717) is 12.1 Å². The third-order valence-corrected chi connectivity index (χ3v) is 2.12. The van der Waals surface area contributed by atoms with Crippen LogP contribution in [0.5, 0.6) is 5.75 Å². The largest absolute Gasteiger partial charge is 0.508 e. The van der Waals surface area contributed by atoms with Crippen LogP contribution >= 0.6 is 0 Å². The fourth-order valence-corrected chi connectivity index (χ4v) is 1.33. The van der Waals surface area contributed by atoms with Gasteiger partial charge in [-0.3, -0.25) is 9.89 Å². The molecule has 0 saturated heterocycles. The molecule has 0 fully saturated rings. The fourth-order valence-electron chi connectivity index (χ4n) is 1.33. The highest BCUT2D eigenvalue weighted by atomic mass is 16.3. The van der Waals surface area contributed by atoms with E-state index in [9.17, 15) is 9.90 Å². The lowest BCUT2D eigenvalue weighted by Gasteiger charge is -2.03. The van der Waals surface area contributed by atoms with Gasteiger partial charge in [-0.1, -0.05) is 12.1 Å². The van der Waals surface area contributed by atoms with Crippen molar-refractivity contribution in [2.75, 3.05) is 0 Å². The first-order chi connectivity index (χ1) is 7.75. The Kier molecular flexibility index (Phi) is 2.86. The minimum Gasteiger partial charge on any atom is -0.508 e. The number of aromatic nitrogens is 2. The SMILES string of the molecule is O=C(NCc1cccc(O)c1)c1cn[nH]c1. The maximum Gasteiger partial charge on any atom is 0.254 e. The Morgan fingerprint density at radius 2 is 2.38 bits per heavy atom. The molecule has 2 rings (SSSR count). The second-order valence-electron chi connectivity index (χ2n) is 3.34. The fraction of sp³-hybridized carbons (Fsp3) is 0.0909. The third-order valence-electron chi connectivity index (χ3n) is 2.12. The molecule has 3 N–H and O–H groups in total. The molecular weight excluding hydrogens is 206 g/mol. The van der Waals surface area contributed by atoms with Crippen LogP contribution in [0.4, 0.5) is 0 Å². The van der Waals surface area contributed by atoms with E-state index in [1.54, 1.807) is 18.2 Å². The lowest BCUT2D eigenvalue weighted by molar-refractivity contribution is 0.0951. The summed E-state index contributed by atoms with van der Waals surface area (Å²) < 4.78 is 0. The Morgan fingerprint density at radius 3 is 3.06 bits per heavy atom. The van der Waals surface area contributed by atoms with Crippen LogP contribution in [0.25, 0.3) is 0 Å². The minimum absolute atomic E-state index is 0.190. The minimum atomic E-state index is -0.197. The van der Waals surface area contributed by atoms with Gasteiger partial charge in [0.25, 0.3) is 5.91 Å². The van der Waals surface area contributed by atoms with Crippen molar-refractivity contribution in [3.8, 4) is 5.75 Å². The number of nitrogens with one attached hydrogen (secondary N) is 2. The number of H-pyrrole nitrogens is 1. The van der Waals surface area contributed by atoms with Crippen molar-refractivity contribution in [1.82, 2.24) is 15.5 Å². The number of aromatic hydroxyl groups is 1. The number of carbonyl (C=O) groups is 1. The standard InChI is InChI=1S/C11H11N3O2/c15-10-3-1-2-8(4-10)5-12-11(16)9-6-13-14-7-9/h1-4,6-7,15H,5H2,(H,12,16)(H,13,14). The van der Waals surface area contributed by atoms with E-state index in [2.05, 4.69) is 15.5 Å². The zero-order chi connectivity index (χ0) is 11.4. The topological polar surface area (TPSA) is 78.0 Å². The average Bonchev–Trinajstić information content (AvgIpc) is 2.79. The van der Waals surface area contributed by atoms with Crippen LogP contribution in [0.2, 0.25) is 0 Å². The Hall–Kier alpha value is -2.30. The summed E-state index contributed by atoms with van der Waals surface area (Å²) in [5.74, 6) is -0.00727. The van der Waals surface area contributed by atoms with Crippen LogP contribution in [-0.4, -0.2) is 21.2 Å². The second kappa shape index (κ2) is 4.48. The molecule has 0 saturated carbocycles. The number of phenols is 1. The van der Waals surface area contributed by atoms with Gasteiger partial charge in [0.05, 0.1) is 11.8 Å². The Morgan fingerprint density at radius 1 is 1.50 bits per heavy atom. The van der Waals surface area contributed by atoms with Crippen molar-refractivity contribution in [2.45, 2.75) is 6.54 Å². The summed E-state index contributed by atoms with van der Waals surface area (Å²) in [5.41, 5.74) is 1.33. The number of benzene rings is 1. The number of nitrogens with zero attached hydrogens (tertiary/aromatic N) is 1. The van der Waals surface area contributed by atoms with Crippen molar-refractivity contribution in [3.63, 3.8) is 0 Å². The molecular formula is C11H11N3O2. The Labute approximate surface area is 92.1 Å². The molecule has 1 aromatic carbocycles. The van der Waals surface area contributed by atoms with Gasteiger partial charge in [-0.25, -0.2) is 0 Å². The summed E-state index contributed by atoms with van der Waals surface area (Å²) in [6.07, 6.45) is 2.98. The molecule has 5 nitrogen and oxygen atoms in total. The van der Waals surface area contributed by atoms with Crippen LogP contribution < -0.4 is 5.32 Å². The van der Waals surface area contributed by atoms with E-state index in [1.807, 2.05) is 6.07 Å². The second-order valence-corrected chi connectivity index (χ2v) is 3.34. The van der Waals surface area contributed by atoms with E-state index in [4.69, 9.17) is 0 Å². The molecule has 0 atom stereocenters. The molecule has 0 unspecified atom stereocenters. The molecule has 1 heterocycles. The zero-order valence-electron chi connectivity index (χ0n) is 8.47. The molecule has 16 heavy (non-hydrogen) atoms. The summed E-state index contributed by atoms with van der Waals surface area (Å²) in [5, 5.41) is 18.2. The molecule has 5 heteroatoms. The van der Waals surface area contributed by atoms with Crippen molar-refractivity contribution in [3.05, 3.63) is 47.8 Å². The summed E-state index contributed by atoms with van der Waals surface area (Å²) in [6, 6.07) is 6.75. The highest BCUT2D eigenvalue weighted by Gasteiger charge is 2.05. The van der Waals surface area contributed by atoms with Gasteiger partial charge in [0.2, 0.25) is 0 Å². The zero-order valence-corrected chi connectivity index (χ0v) is 8.47. The molecule has 0 aliphatic heterocycles. The number of hydrogen-bond acceptors (Lipinski definition) is 3. The predicted molar refractivity (Wildman–Crippen MR) is 57.9 cm³/mol. The normalized spacial score (nSPS) is 10.0. The van der Waals surface area contributed by atoms with Crippen LogP contribution in [-0.2, 0) is 6.54 Å². The maximum absolute atomic E-state index is 11.5. The molecule has 0 spiro atoms. The van der Waals surface area contributed by atoms with E-state index in [-0.39, 0.29) is 11.7 Å². The van der Waals surface area contributed by atoms with E-state index < -0.39 is 0 Å². The van der Waals surface area contributed by atoms with Gasteiger partial charge in [-0.15, -0.1) is 0 Å². The summed E-state index contributed by atoms with van der Waals surface area (Å²) >= 11 is 0. The molecule has 0 aliphatic rings. The van der Waals surface area contributed by atoms with Crippen molar-refractivity contribution in [2.24, 2.45) is 0 Å². The highest BCUT2D eigenvalue weighted by molar-refractivity contribution is 5.93. The molecule has 1 amide bonds. The van der Waals surface area contributed by atoms with Crippen LogP contribution in [0.3, 0.4) is 0 Å². The van der Waals surface area contributed by atoms with Gasteiger partial charge in [-0.2, -0.15) is 5.10 Å². The van der Waals surface area contributed by atoms with E-state index in [0.717, 1.165) is 5.56 Å². The molecule has 1 aromatic heterocycles. The number of rotatable bonds is 3. The van der Waals surface area contributed by atoms with Crippen LogP contribution in [0.15, 0.2) is 36.7 Å². The van der Waals surface area contributed by atoms with Gasteiger partial charge in [0, 0.05) is 12.7 Å². The summed E-state index contributed by atoms with van der Waals surface area (Å²) in [4.78, 5) is 11.5. The Balaban J connectivity index is 1.95. The monoisotopic (exact) mass is 217 g/mol. The van der Waals surface area contributed by atoms with Gasteiger partial charge < -0.3 is 10.4 Å². The van der Waals surface area contributed by atoms with E-state index in [1.165, 1.54) is 12.4 Å². The summed E-state index contributed by atoms with van der Waals surface area (Å²) in [7, 11) is 0. The van der Waals surface area contributed by atoms with Crippen molar-refractivity contribution in [1.29, 1.82) is 0 Å². The number of hydrogen-bond donors (Lipinski definition) is 3. The number of aromatic amines is 1. The van der Waals surface area contributed by atoms with Gasteiger partial charge >= 0.3 is 0 Å². The van der Waals surface area contributed by atoms with Gasteiger partial charge in [0.1, 0.15) is 5.75 Å². The van der Waals surface area contributed by atoms with Crippen molar-refractivity contribution >= 4 is 5.91 Å². The van der Waals surface area contributed by atoms with Crippen molar-refractivity contribution < 1.29 is 9.90 Å². The van der Waals surface area contributed by atoms with Crippen LogP contribution in [0.1, 0.15) is 15.9 Å². The van der Waals surface area contributed by atoms with E-state index >= 15 is 0 Å². The molecule has 2 aromatic rings. The number of amides is 1. The first kappa shape index (κ1) is 10.2. The smallest absolute Gasteiger partial charge is 0.254 e. The first-order valence-electron chi connectivity index (χ1n) is 4.80. The van der Waals surface area contributed by atoms with Crippen LogP contribution in [0, 0.1) is 0 Å². The van der Waals surface area contributed by atoms with Gasteiger partial charge in [0.15, 0.2) is 0 Å². The predicted octanol–water partition coefficient (Wildman–Crippen LogP) is 1.05. The summed E-state index contributed by atoms with van der Waals surface area (Å²) in [6.45, 7) is 0.373. The quantitative estimate of drug-likeness (QED) is 0.719.